The number of hydrogen-bond donors (Lipinski definition) is 1. The number of nitrogens with zero attached hydrogens (tertiary/aromatic N) is 2. The monoisotopic (exact) mass is 285 g/mol. The highest BCUT2D eigenvalue weighted by atomic mass is 32.2. The molecule has 2 aliphatic heterocycles. The molecule has 110 valence electrons. The molecule has 0 radical (unpaired) electrons. The van der Waals surface area contributed by atoms with Gasteiger partial charge in [-0.2, -0.15) is 11.8 Å². The van der Waals surface area contributed by atoms with E-state index in [-0.39, 0.29) is 0 Å². The zero-order valence-corrected chi connectivity index (χ0v) is 13.0. The van der Waals surface area contributed by atoms with E-state index in [1.165, 1.54) is 5.75 Å². The van der Waals surface area contributed by atoms with E-state index in [4.69, 9.17) is 0 Å². The fourth-order valence-corrected chi connectivity index (χ4v) is 3.95. The first-order valence-corrected chi connectivity index (χ1v) is 8.65. The molecule has 2 saturated heterocycles. The zero-order valence-electron chi connectivity index (χ0n) is 12.2. The fraction of sp³-hybridized carbons (Fsp3) is 0.929. The Balaban J connectivity index is 1.91. The number of thioether (sulfide) groups is 1. The van der Waals surface area contributed by atoms with Gasteiger partial charge in [0.15, 0.2) is 0 Å². The molecule has 0 aromatic heterocycles. The summed E-state index contributed by atoms with van der Waals surface area (Å²) in [6.45, 7) is 6.30. The maximum absolute atomic E-state index is 12.6. The van der Waals surface area contributed by atoms with Crippen LogP contribution in [0.25, 0.3) is 0 Å². The molecule has 0 bridgehead atoms. The van der Waals surface area contributed by atoms with E-state index in [0.717, 1.165) is 44.8 Å². The van der Waals surface area contributed by atoms with E-state index in [2.05, 4.69) is 29.1 Å². The molecule has 2 rings (SSSR count). The van der Waals surface area contributed by atoms with E-state index in [1.807, 2.05) is 11.8 Å². The molecule has 1 N–H and O–H groups in total. The van der Waals surface area contributed by atoms with Gasteiger partial charge in [0.2, 0.25) is 5.91 Å². The average molecular weight is 285 g/mol. The first kappa shape index (κ1) is 15.1. The molecule has 5 heteroatoms. The van der Waals surface area contributed by atoms with Gasteiger partial charge in [-0.3, -0.25) is 4.79 Å². The second-order valence-corrected chi connectivity index (χ2v) is 6.84. The standard InChI is InChI=1S/C14H27N3OS/c1-3-13-10-16(2)6-4-7-17(13)14(18)9-12-11-19-8-5-15-12/h12-13,15H,3-11H2,1-2H3. The molecule has 0 saturated carbocycles. The summed E-state index contributed by atoms with van der Waals surface area (Å²) in [6, 6.07) is 0.779. The summed E-state index contributed by atoms with van der Waals surface area (Å²) in [7, 11) is 2.16. The number of rotatable bonds is 3. The lowest BCUT2D eigenvalue weighted by atomic mass is 10.1. The molecular weight excluding hydrogens is 258 g/mol. The van der Waals surface area contributed by atoms with Gasteiger partial charge in [-0.05, 0) is 26.4 Å². The first-order valence-electron chi connectivity index (χ1n) is 7.50. The van der Waals surface area contributed by atoms with Gasteiger partial charge in [0, 0.05) is 49.6 Å². The maximum atomic E-state index is 12.6. The molecule has 2 aliphatic rings. The SMILES string of the molecule is CCC1CN(C)CCCN1C(=O)CC1CSCCN1. The molecule has 1 amide bonds. The number of carbonyl (C=O) groups is 1. The highest BCUT2D eigenvalue weighted by Crippen LogP contribution is 2.16. The van der Waals surface area contributed by atoms with Crippen molar-refractivity contribution in [3.63, 3.8) is 0 Å². The van der Waals surface area contributed by atoms with Gasteiger partial charge in [-0.25, -0.2) is 0 Å². The molecule has 2 atom stereocenters. The predicted octanol–water partition coefficient (Wildman–Crippen LogP) is 1.02. The number of likely N-dealkylation sites (N-methyl/N-ethyl adjacent to an activating group) is 1. The summed E-state index contributed by atoms with van der Waals surface area (Å²) in [6.07, 6.45) is 2.84. The van der Waals surface area contributed by atoms with Crippen LogP contribution in [0.1, 0.15) is 26.2 Å². The summed E-state index contributed by atoms with van der Waals surface area (Å²) in [5, 5.41) is 3.47. The molecule has 19 heavy (non-hydrogen) atoms. The smallest absolute Gasteiger partial charge is 0.224 e. The van der Waals surface area contributed by atoms with Gasteiger partial charge in [0.1, 0.15) is 0 Å². The van der Waals surface area contributed by atoms with E-state index < -0.39 is 0 Å². The highest BCUT2D eigenvalue weighted by Gasteiger charge is 2.28. The molecule has 4 nitrogen and oxygen atoms in total. The minimum absolute atomic E-state index is 0.349. The van der Waals surface area contributed by atoms with Crippen molar-refractivity contribution in [1.29, 1.82) is 0 Å². The topological polar surface area (TPSA) is 35.6 Å². The number of hydrogen-bond acceptors (Lipinski definition) is 4. The average Bonchev–Trinajstić information content (AvgIpc) is 2.61. The Morgan fingerprint density at radius 3 is 2.95 bits per heavy atom. The number of amides is 1. The van der Waals surface area contributed by atoms with Crippen molar-refractivity contribution in [2.45, 2.75) is 38.3 Å². The van der Waals surface area contributed by atoms with Gasteiger partial charge in [0.25, 0.3) is 0 Å². The van der Waals surface area contributed by atoms with E-state index in [9.17, 15) is 4.79 Å². The summed E-state index contributed by atoms with van der Waals surface area (Å²) < 4.78 is 0. The molecule has 0 aromatic carbocycles. The molecule has 0 aromatic rings. The van der Waals surface area contributed by atoms with Crippen LogP contribution in [0.15, 0.2) is 0 Å². The summed E-state index contributed by atoms with van der Waals surface area (Å²) in [4.78, 5) is 17.1. The lowest BCUT2D eigenvalue weighted by molar-refractivity contribution is -0.133. The minimum Gasteiger partial charge on any atom is -0.338 e. The van der Waals surface area contributed by atoms with E-state index in [1.54, 1.807) is 0 Å². The minimum atomic E-state index is 0.349. The third-order valence-corrected chi connectivity index (χ3v) is 5.24. The molecule has 2 heterocycles. The van der Waals surface area contributed by atoms with Crippen LogP contribution in [-0.4, -0.2) is 72.5 Å². The predicted molar refractivity (Wildman–Crippen MR) is 81.6 cm³/mol. The van der Waals surface area contributed by atoms with Gasteiger partial charge >= 0.3 is 0 Å². The lowest BCUT2D eigenvalue weighted by Crippen LogP contribution is -2.47. The second-order valence-electron chi connectivity index (χ2n) is 5.70. The van der Waals surface area contributed by atoms with Crippen molar-refractivity contribution in [3.05, 3.63) is 0 Å². The summed E-state index contributed by atoms with van der Waals surface area (Å²) >= 11 is 1.96. The Bertz CT molecular complexity index is 294. The van der Waals surface area contributed by atoms with Crippen LogP contribution in [0.4, 0.5) is 0 Å². The third-order valence-electron chi connectivity index (χ3n) is 4.11. The van der Waals surface area contributed by atoms with Crippen LogP contribution in [0.5, 0.6) is 0 Å². The number of nitrogens with one attached hydrogen (secondary N) is 1. The van der Waals surface area contributed by atoms with Crippen molar-refractivity contribution >= 4 is 17.7 Å². The number of carbonyl (C=O) groups excluding carboxylic acids is 1. The Labute approximate surface area is 121 Å². The molecule has 2 unspecified atom stereocenters. The van der Waals surface area contributed by atoms with Crippen molar-refractivity contribution in [1.82, 2.24) is 15.1 Å². The van der Waals surface area contributed by atoms with Crippen LogP contribution in [0.3, 0.4) is 0 Å². The Morgan fingerprint density at radius 1 is 1.42 bits per heavy atom. The van der Waals surface area contributed by atoms with E-state index >= 15 is 0 Å². The van der Waals surface area contributed by atoms with Gasteiger partial charge in [-0.15, -0.1) is 0 Å². The molecular formula is C14H27N3OS. The van der Waals surface area contributed by atoms with Crippen molar-refractivity contribution in [2.24, 2.45) is 0 Å². The Morgan fingerprint density at radius 2 is 2.26 bits per heavy atom. The first-order chi connectivity index (χ1) is 9.20. The van der Waals surface area contributed by atoms with Crippen LogP contribution in [-0.2, 0) is 4.79 Å². The summed E-state index contributed by atoms with van der Waals surface area (Å²) in [5.41, 5.74) is 0. The van der Waals surface area contributed by atoms with Crippen LogP contribution in [0, 0.1) is 0 Å². The highest BCUT2D eigenvalue weighted by molar-refractivity contribution is 7.99. The van der Waals surface area contributed by atoms with Crippen molar-refractivity contribution in [2.75, 3.05) is 44.7 Å². The van der Waals surface area contributed by atoms with Crippen LogP contribution < -0.4 is 5.32 Å². The van der Waals surface area contributed by atoms with Gasteiger partial charge < -0.3 is 15.1 Å². The zero-order chi connectivity index (χ0) is 13.7. The summed E-state index contributed by atoms with van der Waals surface area (Å²) in [5.74, 6) is 2.61. The molecule has 0 aliphatic carbocycles. The van der Waals surface area contributed by atoms with Crippen LogP contribution >= 0.6 is 11.8 Å². The normalized spacial score (nSPS) is 30.1. The maximum Gasteiger partial charge on any atom is 0.224 e. The van der Waals surface area contributed by atoms with Crippen molar-refractivity contribution < 1.29 is 4.79 Å². The second kappa shape index (κ2) is 7.50. The lowest BCUT2D eigenvalue weighted by Gasteiger charge is -2.32. The Hall–Kier alpha value is -0.260. The van der Waals surface area contributed by atoms with Crippen molar-refractivity contribution in [3.8, 4) is 0 Å². The molecule has 0 spiro atoms. The van der Waals surface area contributed by atoms with Gasteiger partial charge in [-0.1, -0.05) is 6.92 Å². The van der Waals surface area contributed by atoms with Gasteiger partial charge in [0.05, 0.1) is 0 Å². The van der Waals surface area contributed by atoms with E-state index in [0.29, 0.717) is 24.4 Å². The quantitative estimate of drug-likeness (QED) is 0.840. The molecule has 2 fully saturated rings. The van der Waals surface area contributed by atoms with Crippen LogP contribution in [0.2, 0.25) is 0 Å². The third kappa shape index (κ3) is 4.36. The fourth-order valence-electron chi connectivity index (χ4n) is 3.00. The largest absolute Gasteiger partial charge is 0.338 e. The Kier molecular flexibility index (Phi) is 5.98.